The minimum absolute atomic E-state index is 0.0394. The van der Waals surface area contributed by atoms with Crippen molar-refractivity contribution in [1.82, 2.24) is 9.55 Å². The molecule has 1 aliphatic rings. The van der Waals surface area contributed by atoms with Crippen LogP contribution in [0.25, 0.3) is 11.0 Å². The van der Waals surface area contributed by atoms with Crippen molar-refractivity contribution in [3.05, 3.63) is 59.7 Å². The van der Waals surface area contributed by atoms with Crippen molar-refractivity contribution in [2.75, 3.05) is 5.32 Å². The summed E-state index contributed by atoms with van der Waals surface area (Å²) in [6.07, 6.45) is 3.72. The third-order valence-corrected chi connectivity index (χ3v) is 6.24. The van der Waals surface area contributed by atoms with Crippen LogP contribution in [0.3, 0.4) is 0 Å². The SMILES string of the molecule is CC(C)(O)c1ccc2nc(NC(=O)CC(C)(C)c3ccccc3)n(C3CCC3)c2c1. The van der Waals surface area contributed by atoms with Gasteiger partial charge >= 0.3 is 0 Å². The first kappa shape index (κ1) is 20.6. The minimum Gasteiger partial charge on any atom is -0.386 e. The van der Waals surface area contributed by atoms with Gasteiger partial charge in [-0.05, 0) is 61.8 Å². The first-order valence-corrected chi connectivity index (χ1v) is 10.8. The standard InChI is InChI=1S/C25H31N3O2/c1-24(2,17-9-6-5-7-10-17)16-22(29)27-23-26-20-14-13-18(25(3,4)30)15-21(20)28(23)19-11-8-12-19/h5-7,9-10,13-15,19,30H,8,11-12,16H2,1-4H3,(H,26,27,29). The fraction of sp³-hybridized carbons (Fsp3) is 0.440. The molecule has 3 aromatic rings. The van der Waals surface area contributed by atoms with Gasteiger partial charge in [-0.15, -0.1) is 0 Å². The summed E-state index contributed by atoms with van der Waals surface area (Å²) in [5.41, 5.74) is 2.60. The number of benzene rings is 2. The summed E-state index contributed by atoms with van der Waals surface area (Å²) >= 11 is 0. The second-order valence-corrected chi connectivity index (χ2v) is 9.63. The summed E-state index contributed by atoms with van der Waals surface area (Å²) in [6, 6.07) is 16.3. The predicted molar refractivity (Wildman–Crippen MR) is 121 cm³/mol. The summed E-state index contributed by atoms with van der Waals surface area (Å²) in [5.74, 6) is 0.568. The van der Waals surface area contributed by atoms with Crippen LogP contribution in [0.2, 0.25) is 0 Å². The normalized spacial score (nSPS) is 15.2. The van der Waals surface area contributed by atoms with Gasteiger partial charge in [0.1, 0.15) is 0 Å². The van der Waals surface area contributed by atoms with Crippen molar-refractivity contribution in [2.24, 2.45) is 0 Å². The maximum Gasteiger partial charge on any atom is 0.227 e. The third-order valence-electron chi connectivity index (χ3n) is 6.24. The fourth-order valence-corrected chi connectivity index (χ4v) is 4.14. The van der Waals surface area contributed by atoms with E-state index in [0.29, 0.717) is 18.4 Å². The molecule has 1 heterocycles. The zero-order valence-corrected chi connectivity index (χ0v) is 18.3. The van der Waals surface area contributed by atoms with Crippen LogP contribution in [0.15, 0.2) is 48.5 Å². The third kappa shape index (κ3) is 3.99. The smallest absolute Gasteiger partial charge is 0.227 e. The first-order chi connectivity index (χ1) is 14.1. The quantitative estimate of drug-likeness (QED) is 0.585. The molecule has 0 atom stereocenters. The summed E-state index contributed by atoms with van der Waals surface area (Å²) in [7, 11) is 0. The van der Waals surface area contributed by atoms with Crippen molar-refractivity contribution in [3.63, 3.8) is 0 Å². The Balaban J connectivity index is 1.64. The Bertz CT molecular complexity index is 1060. The topological polar surface area (TPSA) is 67.2 Å². The van der Waals surface area contributed by atoms with E-state index < -0.39 is 5.60 Å². The van der Waals surface area contributed by atoms with Crippen molar-refractivity contribution in [2.45, 2.75) is 70.4 Å². The molecule has 1 aromatic heterocycles. The highest BCUT2D eigenvalue weighted by molar-refractivity contribution is 5.92. The molecule has 0 spiro atoms. The van der Waals surface area contributed by atoms with Crippen molar-refractivity contribution < 1.29 is 9.90 Å². The molecule has 4 rings (SSSR count). The first-order valence-electron chi connectivity index (χ1n) is 10.8. The lowest BCUT2D eigenvalue weighted by molar-refractivity contribution is -0.117. The van der Waals surface area contributed by atoms with E-state index in [1.54, 1.807) is 13.8 Å². The molecule has 0 bridgehead atoms. The average molecular weight is 406 g/mol. The Morgan fingerprint density at radius 3 is 2.40 bits per heavy atom. The van der Waals surface area contributed by atoms with Crippen LogP contribution < -0.4 is 5.32 Å². The lowest BCUT2D eigenvalue weighted by atomic mass is 9.81. The van der Waals surface area contributed by atoms with Gasteiger partial charge in [-0.3, -0.25) is 10.1 Å². The Kier molecular flexibility index (Phi) is 5.18. The van der Waals surface area contributed by atoms with Crippen molar-refractivity contribution in [1.29, 1.82) is 0 Å². The molecule has 158 valence electrons. The highest BCUT2D eigenvalue weighted by atomic mass is 16.3. The molecule has 5 nitrogen and oxygen atoms in total. The minimum atomic E-state index is -0.925. The molecular weight excluding hydrogens is 374 g/mol. The van der Waals surface area contributed by atoms with Gasteiger partial charge in [0, 0.05) is 12.5 Å². The Morgan fingerprint density at radius 1 is 1.10 bits per heavy atom. The highest BCUT2D eigenvalue weighted by Crippen LogP contribution is 2.38. The molecule has 0 unspecified atom stereocenters. The number of aromatic nitrogens is 2. The molecular formula is C25H31N3O2. The van der Waals surface area contributed by atoms with Crippen LogP contribution in [0, 0.1) is 0 Å². The summed E-state index contributed by atoms with van der Waals surface area (Å²) in [4.78, 5) is 17.7. The monoisotopic (exact) mass is 405 g/mol. The number of anilines is 1. The molecule has 0 aliphatic heterocycles. The van der Waals surface area contributed by atoms with E-state index in [1.165, 1.54) is 6.42 Å². The van der Waals surface area contributed by atoms with Gasteiger partial charge in [0.05, 0.1) is 16.6 Å². The van der Waals surface area contributed by atoms with E-state index in [-0.39, 0.29) is 11.3 Å². The Hall–Kier alpha value is -2.66. The molecule has 1 aliphatic carbocycles. The number of hydrogen-bond donors (Lipinski definition) is 2. The Morgan fingerprint density at radius 2 is 1.80 bits per heavy atom. The van der Waals surface area contributed by atoms with Crippen LogP contribution in [0.5, 0.6) is 0 Å². The molecule has 5 heteroatoms. The van der Waals surface area contributed by atoms with Gasteiger partial charge in [0.2, 0.25) is 11.9 Å². The van der Waals surface area contributed by atoms with E-state index in [1.807, 2.05) is 36.4 Å². The Labute approximate surface area is 178 Å². The second kappa shape index (κ2) is 7.55. The van der Waals surface area contributed by atoms with Gasteiger partial charge in [0.15, 0.2) is 0 Å². The van der Waals surface area contributed by atoms with Crippen LogP contribution in [0.1, 0.15) is 70.5 Å². The number of amides is 1. The zero-order valence-electron chi connectivity index (χ0n) is 18.3. The maximum atomic E-state index is 13.0. The summed E-state index contributed by atoms with van der Waals surface area (Å²) in [6.45, 7) is 7.75. The van der Waals surface area contributed by atoms with Gasteiger partial charge in [-0.1, -0.05) is 50.2 Å². The van der Waals surface area contributed by atoms with E-state index in [9.17, 15) is 9.90 Å². The molecule has 1 saturated carbocycles. The van der Waals surface area contributed by atoms with Crippen LogP contribution in [-0.4, -0.2) is 20.6 Å². The summed E-state index contributed by atoms with van der Waals surface area (Å²) in [5, 5.41) is 13.5. The molecule has 2 aromatic carbocycles. The number of fused-ring (bicyclic) bond motifs is 1. The zero-order chi connectivity index (χ0) is 21.5. The highest BCUT2D eigenvalue weighted by Gasteiger charge is 2.29. The number of carbonyl (C=O) groups is 1. The molecule has 1 fully saturated rings. The molecule has 30 heavy (non-hydrogen) atoms. The predicted octanol–water partition coefficient (Wildman–Crippen LogP) is 5.30. The van der Waals surface area contributed by atoms with Gasteiger partial charge in [-0.25, -0.2) is 4.98 Å². The fourth-order valence-electron chi connectivity index (χ4n) is 4.14. The largest absolute Gasteiger partial charge is 0.386 e. The van der Waals surface area contributed by atoms with Crippen LogP contribution >= 0.6 is 0 Å². The second-order valence-electron chi connectivity index (χ2n) is 9.63. The number of carbonyl (C=O) groups excluding carboxylic acids is 1. The van der Waals surface area contributed by atoms with Crippen molar-refractivity contribution in [3.8, 4) is 0 Å². The van der Waals surface area contributed by atoms with E-state index in [4.69, 9.17) is 4.98 Å². The van der Waals surface area contributed by atoms with Crippen molar-refractivity contribution >= 4 is 22.9 Å². The number of nitrogens with one attached hydrogen (secondary N) is 1. The molecule has 0 saturated heterocycles. The number of aliphatic hydroxyl groups is 1. The average Bonchev–Trinajstić information content (AvgIpc) is 2.97. The summed E-state index contributed by atoms with van der Waals surface area (Å²) < 4.78 is 2.15. The molecule has 2 N–H and O–H groups in total. The number of imidazole rings is 1. The van der Waals surface area contributed by atoms with Crippen LogP contribution in [-0.2, 0) is 15.8 Å². The molecule has 1 amide bonds. The van der Waals surface area contributed by atoms with E-state index in [2.05, 4.69) is 35.9 Å². The van der Waals surface area contributed by atoms with E-state index in [0.717, 1.165) is 35.0 Å². The number of hydrogen-bond acceptors (Lipinski definition) is 3. The van der Waals surface area contributed by atoms with E-state index >= 15 is 0 Å². The van der Waals surface area contributed by atoms with Gasteiger partial charge in [-0.2, -0.15) is 0 Å². The number of rotatable bonds is 6. The van der Waals surface area contributed by atoms with Gasteiger partial charge in [0.25, 0.3) is 0 Å². The lowest BCUT2D eigenvalue weighted by Gasteiger charge is -2.30. The maximum absolute atomic E-state index is 13.0. The lowest BCUT2D eigenvalue weighted by Crippen LogP contribution is -2.28. The van der Waals surface area contributed by atoms with Crippen LogP contribution in [0.4, 0.5) is 5.95 Å². The number of nitrogens with zero attached hydrogens (tertiary/aromatic N) is 2. The van der Waals surface area contributed by atoms with Gasteiger partial charge < -0.3 is 9.67 Å². The molecule has 0 radical (unpaired) electrons.